The zero-order valence-corrected chi connectivity index (χ0v) is 11.9. The van der Waals surface area contributed by atoms with Crippen molar-refractivity contribution in [3.8, 4) is 0 Å². The number of aryl methyl sites for hydroxylation is 2. The van der Waals surface area contributed by atoms with Gasteiger partial charge in [-0.1, -0.05) is 37.3 Å². The third-order valence-corrected chi connectivity index (χ3v) is 3.14. The molecule has 110 valence electrons. The molecular formula is C16H18N2O3. The van der Waals surface area contributed by atoms with Crippen LogP contribution in [0.1, 0.15) is 24.6 Å². The molecule has 0 bridgehead atoms. The van der Waals surface area contributed by atoms with Crippen LogP contribution in [0.3, 0.4) is 0 Å². The molecule has 0 aliphatic carbocycles. The summed E-state index contributed by atoms with van der Waals surface area (Å²) < 4.78 is 1.00. The first-order valence-corrected chi connectivity index (χ1v) is 6.87. The second-order valence-electron chi connectivity index (χ2n) is 4.68. The van der Waals surface area contributed by atoms with Gasteiger partial charge in [-0.05, 0) is 30.5 Å². The lowest BCUT2D eigenvalue weighted by Gasteiger charge is -2.12. The number of carbonyl (C=O) groups excluding carboxylic acids is 1. The molecule has 0 aliphatic rings. The van der Waals surface area contributed by atoms with Crippen LogP contribution in [0, 0.1) is 0 Å². The lowest BCUT2D eigenvalue weighted by Crippen LogP contribution is -2.34. The molecular weight excluding hydrogens is 268 g/mol. The van der Waals surface area contributed by atoms with Gasteiger partial charge in [-0.3, -0.25) is 4.79 Å². The summed E-state index contributed by atoms with van der Waals surface area (Å²) in [6.07, 6.45) is 1.52. The van der Waals surface area contributed by atoms with Gasteiger partial charge in [-0.15, -0.1) is 4.73 Å². The molecule has 0 atom stereocenters. The molecule has 1 heterocycles. The smallest absolute Gasteiger partial charge is 0.332 e. The number of aromatic nitrogens is 1. The maximum absolute atomic E-state index is 12.0. The summed E-state index contributed by atoms with van der Waals surface area (Å²) in [6, 6.07) is 13.1. The normalized spacial score (nSPS) is 10.3. The number of benzene rings is 1. The van der Waals surface area contributed by atoms with E-state index in [2.05, 4.69) is 0 Å². The number of hydrogen-bond acceptors (Lipinski definition) is 4. The summed E-state index contributed by atoms with van der Waals surface area (Å²) in [5.74, 6) is -0.469. The van der Waals surface area contributed by atoms with Gasteiger partial charge in [-0.2, -0.15) is 0 Å². The molecule has 0 aliphatic heterocycles. The summed E-state index contributed by atoms with van der Waals surface area (Å²) in [6.45, 7) is 1.67. The van der Waals surface area contributed by atoms with Gasteiger partial charge < -0.3 is 10.6 Å². The molecule has 1 aromatic heterocycles. The average molecular weight is 286 g/mol. The monoisotopic (exact) mass is 286 g/mol. The van der Waals surface area contributed by atoms with Crippen LogP contribution in [0.5, 0.6) is 0 Å². The van der Waals surface area contributed by atoms with E-state index in [1.165, 1.54) is 0 Å². The summed E-state index contributed by atoms with van der Waals surface area (Å²) in [5.41, 5.74) is 6.92. The molecule has 0 spiro atoms. The molecule has 5 nitrogen and oxygen atoms in total. The highest BCUT2D eigenvalue weighted by Crippen LogP contribution is 2.07. The first-order valence-electron chi connectivity index (χ1n) is 6.87. The van der Waals surface area contributed by atoms with Crippen molar-refractivity contribution in [2.75, 3.05) is 5.73 Å². The highest BCUT2D eigenvalue weighted by molar-refractivity contribution is 5.69. The van der Waals surface area contributed by atoms with Crippen molar-refractivity contribution in [3.63, 3.8) is 0 Å². The molecule has 0 unspecified atom stereocenters. The first-order chi connectivity index (χ1) is 10.1. The number of nitrogens with zero attached hydrogens (tertiary/aromatic N) is 1. The molecule has 0 saturated carbocycles. The molecule has 0 amide bonds. The molecule has 2 rings (SSSR count). The van der Waals surface area contributed by atoms with Gasteiger partial charge in [0.1, 0.15) is 5.69 Å². The SMILES string of the molecule is CCC(=O)On1c(CCc2ccccc2)ccc(N)c1=O. The fraction of sp³-hybridized carbons (Fsp3) is 0.250. The van der Waals surface area contributed by atoms with Gasteiger partial charge in [0, 0.05) is 6.42 Å². The van der Waals surface area contributed by atoms with Crippen molar-refractivity contribution < 1.29 is 9.63 Å². The second-order valence-corrected chi connectivity index (χ2v) is 4.68. The van der Waals surface area contributed by atoms with Gasteiger partial charge in [-0.25, -0.2) is 4.79 Å². The molecule has 1 aromatic carbocycles. The maximum atomic E-state index is 12.0. The Hall–Kier alpha value is -2.56. The fourth-order valence-corrected chi connectivity index (χ4v) is 1.94. The van der Waals surface area contributed by atoms with Crippen LogP contribution in [-0.4, -0.2) is 10.7 Å². The molecule has 5 heteroatoms. The Morgan fingerprint density at radius 2 is 1.86 bits per heavy atom. The Morgan fingerprint density at radius 3 is 2.52 bits per heavy atom. The second kappa shape index (κ2) is 6.74. The van der Waals surface area contributed by atoms with Crippen LogP contribution < -0.4 is 16.1 Å². The zero-order valence-electron chi connectivity index (χ0n) is 11.9. The lowest BCUT2D eigenvalue weighted by molar-refractivity contribution is -0.144. The Bertz CT molecular complexity index is 678. The molecule has 2 N–H and O–H groups in total. The van der Waals surface area contributed by atoms with Crippen LogP contribution in [0.25, 0.3) is 0 Å². The minimum atomic E-state index is -0.498. The van der Waals surface area contributed by atoms with E-state index in [0.717, 1.165) is 16.7 Å². The molecule has 21 heavy (non-hydrogen) atoms. The van der Waals surface area contributed by atoms with Gasteiger partial charge in [0.15, 0.2) is 0 Å². The molecule has 2 aromatic rings. The van der Waals surface area contributed by atoms with Crippen LogP contribution >= 0.6 is 0 Å². The topological polar surface area (TPSA) is 74.3 Å². The minimum absolute atomic E-state index is 0.0577. The number of nitrogens with two attached hydrogens (primary N) is 1. The highest BCUT2D eigenvalue weighted by atomic mass is 16.7. The van der Waals surface area contributed by atoms with E-state index in [-0.39, 0.29) is 12.1 Å². The zero-order chi connectivity index (χ0) is 15.2. The van der Waals surface area contributed by atoms with Crippen molar-refractivity contribution in [2.24, 2.45) is 0 Å². The first kappa shape index (κ1) is 14.8. The van der Waals surface area contributed by atoms with E-state index >= 15 is 0 Å². The predicted molar refractivity (Wildman–Crippen MR) is 80.8 cm³/mol. The van der Waals surface area contributed by atoms with Gasteiger partial charge in [0.2, 0.25) is 0 Å². The predicted octanol–water partition coefficient (Wildman–Crippen LogP) is 1.58. The van der Waals surface area contributed by atoms with Crippen molar-refractivity contribution in [1.82, 2.24) is 4.73 Å². The number of hydrogen-bond donors (Lipinski definition) is 1. The van der Waals surface area contributed by atoms with E-state index in [9.17, 15) is 9.59 Å². The van der Waals surface area contributed by atoms with E-state index in [1.807, 2.05) is 30.3 Å². The number of nitrogen functional groups attached to an aromatic ring is 1. The quantitative estimate of drug-likeness (QED) is 0.905. The van der Waals surface area contributed by atoms with Crippen LogP contribution in [-0.2, 0) is 17.6 Å². The van der Waals surface area contributed by atoms with Crippen LogP contribution in [0.15, 0.2) is 47.3 Å². The van der Waals surface area contributed by atoms with Crippen molar-refractivity contribution in [3.05, 3.63) is 64.1 Å². The van der Waals surface area contributed by atoms with E-state index in [1.54, 1.807) is 19.1 Å². The summed E-state index contributed by atoms with van der Waals surface area (Å²) in [7, 11) is 0. The summed E-state index contributed by atoms with van der Waals surface area (Å²) in [4.78, 5) is 28.5. The van der Waals surface area contributed by atoms with E-state index in [0.29, 0.717) is 12.1 Å². The number of carbonyl (C=O) groups is 1. The lowest BCUT2D eigenvalue weighted by atomic mass is 10.1. The van der Waals surface area contributed by atoms with Crippen molar-refractivity contribution in [1.29, 1.82) is 0 Å². The minimum Gasteiger partial charge on any atom is -0.394 e. The van der Waals surface area contributed by atoms with Crippen molar-refractivity contribution >= 4 is 11.7 Å². The van der Waals surface area contributed by atoms with Gasteiger partial charge in [0.05, 0.1) is 5.69 Å². The van der Waals surface area contributed by atoms with Gasteiger partial charge >= 0.3 is 11.5 Å². The third-order valence-electron chi connectivity index (χ3n) is 3.14. The number of rotatable bonds is 5. The molecule has 0 radical (unpaired) electrons. The number of pyridine rings is 1. The van der Waals surface area contributed by atoms with E-state index in [4.69, 9.17) is 10.6 Å². The highest BCUT2D eigenvalue weighted by Gasteiger charge is 2.11. The Kier molecular flexibility index (Phi) is 4.77. The van der Waals surface area contributed by atoms with E-state index < -0.39 is 11.5 Å². The number of anilines is 1. The fourth-order valence-electron chi connectivity index (χ4n) is 1.94. The van der Waals surface area contributed by atoms with Crippen molar-refractivity contribution in [2.45, 2.75) is 26.2 Å². The standard InChI is InChI=1S/C16H18N2O3/c1-2-15(19)21-18-13(10-11-14(17)16(18)20)9-8-12-6-4-3-5-7-12/h3-7,10-11H,2,8-9,17H2,1H3. The maximum Gasteiger partial charge on any atom is 0.332 e. The van der Waals surface area contributed by atoms with Gasteiger partial charge in [0.25, 0.3) is 0 Å². The summed E-state index contributed by atoms with van der Waals surface area (Å²) >= 11 is 0. The third kappa shape index (κ3) is 3.72. The van der Waals surface area contributed by atoms with Crippen LogP contribution in [0.2, 0.25) is 0 Å². The Morgan fingerprint density at radius 1 is 1.14 bits per heavy atom. The largest absolute Gasteiger partial charge is 0.394 e. The summed E-state index contributed by atoms with van der Waals surface area (Å²) in [5, 5.41) is 0. The molecule has 0 fully saturated rings. The average Bonchev–Trinajstić information content (AvgIpc) is 2.52. The Balaban J connectivity index is 2.24. The Labute approximate surface area is 122 Å². The molecule has 0 saturated heterocycles. The van der Waals surface area contributed by atoms with Crippen LogP contribution in [0.4, 0.5) is 5.69 Å².